The molecule has 0 bridgehead atoms. The molecule has 34 heavy (non-hydrogen) atoms. The number of terminal acetylenes is 1. The van der Waals surface area contributed by atoms with Crippen molar-refractivity contribution in [2.75, 3.05) is 32.0 Å². The lowest BCUT2D eigenvalue weighted by molar-refractivity contribution is 0.193. The molecular weight excluding hydrogens is 446 g/mol. The topological polar surface area (TPSA) is 59.8 Å². The van der Waals surface area contributed by atoms with E-state index in [4.69, 9.17) is 9.15 Å². The van der Waals surface area contributed by atoms with Gasteiger partial charge in [0, 0.05) is 12.6 Å². The van der Waals surface area contributed by atoms with E-state index >= 15 is 0 Å². The van der Waals surface area contributed by atoms with E-state index in [2.05, 4.69) is 49.8 Å². The minimum atomic E-state index is -3.37. The van der Waals surface area contributed by atoms with Gasteiger partial charge in [-0.2, -0.15) is 0 Å². The van der Waals surface area contributed by atoms with Crippen molar-refractivity contribution in [1.82, 2.24) is 4.90 Å². The van der Waals surface area contributed by atoms with Crippen LogP contribution in [-0.2, 0) is 9.84 Å². The highest BCUT2D eigenvalue weighted by Crippen LogP contribution is 2.32. The number of furan rings is 1. The molecule has 0 radical (unpaired) electrons. The first-order valence-electron chi connectivity index (χ1n) is 11.9. The van der Waals surface area contributed by atoms with E-state index < -0.39 is 9.84 Å². The van der Waals surface area contributed by atoms with Crippen molar-refractivity contribution in [1.29, 1.82) is 0 Å². The van der Waals surface area contributed by atoms with Gasteiger partial charge in [-0.1, -0.05) is 31.2 Å². The molecule has 0 saturated carbocycles. The van der Waals surface area contributed by atoms with Crippen LogP contribution in [0.3, 0.4) is 0 Å². The lowest BCUT2D eigenvalue weighted by Gasteiger charge is -2.32. The summed E-state index contributed by atoms with van der Waals surface area (Å²) in [7, 11) is -3.37. The Morgan fingerprint density at radius 1 is 1.06 bits per heavy atom. The minimum absolute atomic E-state index is 0.0118. The molecular formula is C28H35NO4S. The highest BCUT2D eigenvalue weighted by Gasteiger charge is 2.21. The van der Waals surface area contributed by atoms with Crippen molar-refractivity contribution < 1.29 is 17.6 Å². The Morgan fingerprint density at radius 2 is 1.79 bits per heavy atom. The van der Waals surface area contributed by atoms with Crippen molar-refractivity contribution in [2.45, 2.75) is 51.0 Å². The monoisotopic (exact) mass is 481 g/mol. The van der Waals surface area contributed by atoms with E-state index in [0.29, 0.717) is 29.2 Å². The van der Waals surface area contributed by atoms with E-state index in [1.54, 1.807) is 19.1 Å². The van der Waals surface area contributed by atoms with Gasteiger partial charge in [0.25, 0.3) is 0 Å². The molecule has 1 aromatic heterocycles. The molecule has 182 valence electrons. The van der Waals surface area contributed by atoms with Crippen LogP contribution in [0.1, 0.15) is 48.8 Å². The minimum Gasteiger partial charge on any atom is -0.493 e. The Hall–Kier alpha value is -2.75. The zero-order chi connectivity index (χ0) is 24.7. The van der Waals surface area contributed by atoms with E-state index in [-0.39, 0.29) is 10.8 Å². The number of aryl methyl sites for hydroxylation is 2. The third-order valence-electron chi connectivity index (χ3n) is 6.65. The predicted octanol–water partition coefficient (Wildman–Crippen LogP) is 5.74. The third kappa shape index (κ3) is 6.02. The molecule has 0 aliphatic carbocycles. The molecule has 0 spiro atoms. The molecule has 0 unspecified atom stereocenters. The maximum atomic E-state index is 12.1. The van der Waals surface area contributed by atoms with Crippen molar-refractivity contribution in [2.24, 2.45) is 0 Å². The Morgan fingerprint density at radius 3 is 2.47 bits per heavy atom. The standard InChI is InChI=1S/C26H33NO4S.C2H2/c1-4-32(28,29)26-18-23-24(7-5-8-25(23)31-26)30-16-6-13-27-14-11-21(12-15-27)22-10-9-19(2)20(3)17-22;1-2/h5,7-10,17-18,21H,4,6,11-16H2,1-3H3;1-2H. The fraction of sp³-hybridized carbons (Fsp3) is 0.429. The Balaban J connectivity index is 0.00000158. The first-order valence-corrected chi connectivity index (χ1v) is 13.5. The Kier molecular flexibility index (Phi) is 8.82. The zero-order valence-corrected chi connectivity index (χ0v) is 21.2. The maximum Gasteiger partial charge on any atom is 0.219 e. The Bertz CT molecular complexity index is 1220. The number of sulfone groups is 1. The fourth-order valence-corrected chi connectivity index (χ4v) is 5.21. The van der Waals surface area contributed by atoms with Gasteiger partial charge in [-0.25, -0.2) is 8.42 Å². The summed E-state index contributed by atoms with van der Waals surface area (Å²) in [5, 5.41) is 0.728. The second-order valence-electron chi connectivity index (χ2n) is 8.80. The first-order chi connectivity index (χ1) is 16.4. The van der Waals surface area contributed by atoms with Gasteiger partial charge in [-0.15, -0.1) is 12.8 Å². The summed E-state index contributed by atoms with van der Waals surface area (Å²) in [6.07, 6.45) is 11.3. The van der Waals surface area contributed by atoms with Gasteiger partial charge in [0.05, 0.1) is 17.7 Å². The van der Waals surface area contributed by atoms with Gasteiger partial charge < -0.3 is 14.1 Å². The molecule has 5 nitrogen and oxygen atoms in total. The molecule has 4 rings (SSSR count). The third-order valence-corrected chi connectivity index (χ3v) is 8.23. The van der Waals surface area contributed by atoms with Gasteiger partial charge in [0.1, 0.15) is 11.3 Å². The smallest absolute Gasteiger partial charge is 0.219 e. The molecule has 1 fully saturated rings. The molecule has 1 saturated heterocycles. The Labute approximate surface area is 204 Å². The average Bonchev–Trinajstić information content (AvgIpc) is 3.31. The molecule has 0 atom stereocenters. The SMILES string of the molecule is C#C.CCS(=O)(=O)c1cc2c(OCCCN3CCC(c4ccc(C)c(C)c4)CC3)cccc2o1. The van der Waals surface area contributed by atoms with Gasteiger partial charge in [-0.3, -0.25) is 0 Å². The molecule has 3 aromatic rings. The molecule has 2 aromatic carbocycles. The van der Waals surface area contributed by atoms with E-state index in [9.17, 15) is 8.42 Å². The fourth-order valence-electron chi connectivity index (χ4n) is 4.41. The van der Waals surface area contributed by atoms with Crippen LogP contribution in [0.25, 0.3) is 11.0 Å². The van der Waals surface area contributed by atoms with Crippen LogP contribution in [-0.4, -0.2) is 45.3 Å². The largest absolute Gasteiger partial charge is 0.493 e. The number of benzene rings is 2. The average molecular weight is 482 g/mol. The van der Waals surface area contributed by atoms with Crippen molar-refractivity contribution in [3.8, 4) is 18.6 Å². The number of ether oxygens (including phenoxy) is 1. The summed E-state index contributed by atoms with van der Waals surface area (Å²) in [6.45, 7) is 9.82. The number of rotatable bonds is 8. The quantitative estimate of drug-likeness (QED) is 0.303. The lowest BCUT2D eigenvalue weighted by Crippen LogP contribution is -2.34. The van der Waals surface area contributed by atoms with Gasteiger partial charge >= 0.3 is 0 Å². The summed E-state index contributed by atoms with van der Waals surface area (Å²) in [5.74, 6) is 1.36. The summed E-state index contributed by atoms with van der Waals surface area (Å²) in [6, 6.07) is 14.0. The van der Waals surface area contributed by atoms with Gasteiger partial charge in [0.2, 0.25) is 14.9 Å². The van der Waals surface area contributed by atoms with Crippen LogP contribution in [0.2, 0.25) is 0 Å². The van der Waals surface area contributed by atoms with Gasteiger partial charge in [-0.05, 0) is 80.9 Å². The second kappa shape index (κ2) is 11.6. The first kappa shape index (κ1) is 25.9. The van der Waals surface area contributed by atoms with Crippen LogP contribution < -0.4 is 4.74 Å². The van der Waals surface area contributed by atoms with Crippen LogP contribution in [0, 0.1) is 26.7 Å². The second-order valence-corrected chi connectivity index (χ2v) is 11.0. The van der Waals surface area contributed by atoms with Crippen LogP contribution in [0.15, 0.2) is 52.0 Å². The van der Waals surface area contributed by atoms with Crippen LogP contribution >= 0.6 is 0 Å². The number of likely N-dealkylation sites (tertiary alicyclic amines) is 1. The molecule has 1 aliphatic heterocycles. The molecule has 0 N–H and O–H groups in total. The maximum absolute atomic E-state index is 12.1. The number of hydrogen-bond donors (Lipinski definition) is 0. The lowest BCUT2D eigenvalue weighted by atomic mass is 9.88. The highest BCUT2D eigenvalue weighted by molar-refractivity contribution is 7.91. The summed E-state index contributed by atoms with van der Waals surface area (Å²) in [4.78, 5) is 2.52. The summed E-state index contributed by atoms with van der Waals surface area (Å²) >= 11 is 0. The molecule has 6 heteroatoms. The predicted molar refractivity (Wildman–Crippen MR) is 138 cm³/mol. The zero-order valence-electron chi connectivity index (χ0n) is 20.4. The summed E-state index contributed by atoms with van der Waals surface area (Å²) < 4.78 is 35.8. The van der Waals surface area contributed by atoms with Crippen LogP contribution in [0.5, 0.6) is 5.75 Å². The summed E-state index contributed by atoms with van der Waals surface area (Å²) in [5.41, 5.74) is 4.77. The number of nitrogens with zero attached hydrogens (tertiary/aromatic N) is 1. The normalized spacial score (nSPS) is 15.1. The van der Waals surface area contributed by atoms with E-state index in [1.165, 1.54) is 29.5 Å². The van der Waals surface area contributed by atoms with Crippen molar-refractivity contribution >= 4 is 20.8 Å². The van der Waals surface area contributed by atoms with E-state index in [0.717, 1.165) is 26.1 Å². The van der Waals surface area contributed by atoms with Crippen LogP contribution in [0.4, 0.5) is 0 Å². The molecule has 1 aliphatic rings. The van der Waals surface area contributed by atoms with Crippen molar-refractivity contribution in [3.05, 3.63) is 59.2 Å². The van der Waals surface area contributed by atoms with Gasteiger partial charge in [0.15, 0.2) is 0 Å². The number of piperidine rings is 1. The highest BCUT2D eigenvalue weighted by atomic mass is 32.2. The molecule has 2 heterocycles. The molecule has 0 amide bonds. The van der Waals surface area contributed by atoms with Crippen molar-refractivity contribution in [3.63, 3.8) is 0 Å². The van der Waals surface area contributed by atoms with E-state index in [1.807, 2.05) is 12.1 Å². The number of hydrogen-bond acceptors (Lipinski definition) is 5. The number of fused-ring (bicyclic) bond motifs is 1.